The van der Waals surface area contributed by atoms with E-state index in [1.165, 1.54) is 0 Å². The van der Waals surface area contributed by atoms with Gasteiger partial charge in [0.1, 0.15) is 5.82 Å². The number of fused-ring (bicyclic) bond motifs is 1. The predicted molar refractivity (Wildman–Crippen MR) is 99.6 cm³/mol. The molecule has 8 nitrogen and oxygen atoms in total. The Hall–Kier alpha value is -2.52. The first-order valence-electron chi connectivity index (χ1n) is 8.51. The molecular formula is C17H22N6O2S. The van der Waals surface area contributed by atoms with Gasteiger partial charge in [0.25, 0.3) is 0 Å². The fourth-order valence-electron chi connectivity index (χ4n) is 2.43. The third-order valence-corrected chi connectivity index (χ3v) is 5.33. The van der Waals surface area contributed by atoms with Crippen molar-refractivity contribution >= 4 is 21.5 Å². The molecule has 1 aromatic carbocycles. The van der Waals surface area contributed by atoms with E-state index in [1.807, 2.05) is 19.1 Å². The smallest absolute Gasteiger partial charge is 0.240 e. The van der Waals surface area contributed by atoms with Gasteiger partial charge < -0.3 is 5.32 Å². The lowest BCUT2D eigenvalue weighted by Gasteiger charge is -2.07. The van der Waals surface area contributed by atoms with Gasteiger partial charge in [0.2, 0.25) is 10.0 Å². The van der Waals surface area contributed by atoms with E-state index in [2.05, 4.69) is 32.3 Å². The van der Waals surface area contributed by atoms with E-state index in [-0.39, 0.29) is 11.4 Å². The Morgan fingerprint density at radius 1 is 1.04 bits per heavy atom. The molecule has 0 saturated heterocycles. The Balaban J connectivity index is 1.68. The second-order valence-electron chi connectivity index (χ2n) is 5.99. The minimum absolute atomic E-state index is 0.214. The molecule has 3 rings (SSSR count). The highest BCUT2D eigenvalue weighted by Gasteiger charge is 2.14. The molecule has 0 saturated carbocycles. The Morgan fingerprint density at radius 2 is 1.81 bits per heavy atom. The highest BCUT2D eigenvalue weighted by Crippen LogP contribution is 2.11. The van der Waals surface area contributed by atoms with Crippen LogP contribution in [-0.4, -0.2) is 41.3 Å². The van der Waals surface area contributed by atoms with Crippen LogP contribution in [0.2, 0.25) is 0 Å². The number of aryl methyl sites for hydroxylation is 1. The van der Waals surface area contributed by atoms with Crippen molar-refractivity contribution < 1.29 is 8.42 Å². The van der Waals surface area contributed by atoms with E-state index < -0.39 is 10.0 Å². The van der Waals surface area contributed by atoms with Crippen LogP contribution < -0.4 is 10.0 Å². The van der Waals surface area contributed by atoms with E-state index in [0.29, 0.717) is 17.9 Å². The van der Waals surface area contributed by atoms with Gasteiger partial charge in [-0.25, -0.2) is 13.1 Å². The number of aromatic nitrogens is 4. The van der Waals surface area contributed by atoms with Crippen molar-refractivity contribution in [2.24, 2.45) is 0 Å². The van der Waals surface area contributed by atoms with Crippen LogP contribution in [0.3, 0.4) is 0 Å². The summed E-state index contributed by atoms with van der Waals surface area (Å²) >= 11 is 0. The van der Waals surface area contributed by atoms with E-state index in [4.69, 9.17) is 0 Å². The second kappa shape index (κ2) is 7.79. The number of hydrogen-bond acceptors (Lipinski definition) is 6. The second-order valence-corrected chi connectivity index (χ2v) is 7.76. The fourth-order valence-corrected chi connectivity index (χ4v) is 3.47. The summed E-state index contributed by atoms with van der Waals surface area (Å²) in [6.07, 6.45) is 1.38. The molecule has 0 aliphatic heterocycles. The molecule has 0 fully saturated rings. The number of nitrogens with zero attached hydrogens (tertiary/aromatic N) is 4. The quantitative estimate of drug-likeness (QED) is 0.623. The number of rotatable bonds is 8. The molecule has 9 heteroatoms. The van der Waals surface area contributed by atoms with Crippen molar-refractivity contribution in [2.45, 2.75) is 31.6 Å². The highest BCUT2D eigenvalue weighted by atomic mass is 32.2. The van der Waals surface area contributed by atoms with Crippen LogP contribution in [0, 0.1) is 6.92 Å². The Kier molecular flexibility index (Phi) is 5.48. The zero-order chi connectivity index (χ0) is 18.6. The third kappa shape index (κ3) is 4.17. The molecule has 2 heterocycles. The minimum Gasteiger partial charge on any atom is -0.369 e. The lowest BCUT2D eigenvalue weighted by Crippen LogP contribution is -2.26. The number of anilines is 1. The first-order valence-corrected chi connectivity index (χ1v) is 9.99. The maximum Gasteiger partial charge on any atom is 0.240 e. The van der Waals surface area contributed by atoms with Crippen LogP contribution in [0.15, 0.2) is 41.3 Å². The molecule has 138 valence electrons. The Bertz CT molecular complexity index is 982. The van der Waals surface area contributed by atoms with Crippen LogP contribution in [0.4, 0.5) is 5.82 Å². The standard InChI is InChI=1S/C17H22N6O2S/c1-3-11-18-15-8-9-16-20-21-17(23(16)22-15)10-12-19-26(24,25)14-6-4-13(2)5-7-14/h4-9,19H,3,10-12H2,1-2H3,(H,18,22). The summed E-state index contributed by atoms with van der Waals surface area (Å²) in [6, 6.07) is 10.4. The van der Waals surface area contributed by atoms with Gasteiger partial charge in [-0.2, -0.15) is 4.52 Å². The molecule has 0 spiro atoms. The topological polar surface area (TPSA) is 101 Å². The van der Waals surface area contributed by atoms with Crippen molar-refractivity contribution in [2.75, 3.05) is 18.4 Å². The maximum absolute atomic E-state index is 12.3. The lowest BCUT2D eigenvalue weighted by molar-refractivity contribution is 0.580. The molecule has 2 N–H and O–H groups in total. The predicted octanol–water partition coefficient (Wildman–Crippen LogP) is 1.78. The summed E-state index contributed by atoms with van der Waals surface area (Å²) in [5.74, 6) is 1.34. The molecular weight excluding hydrogens is 352 g/mol. The SMILES string of the molecule is CCCNc1ccc2nnc(CCNS(=O)(=O)c3ccc(C)cc3)n2n1. The summed E-state index contributed by atoms with van der Waals surface area (Å²) in [5, 5.41) is 15.8. The van der Waals surface area contributed by atoms with Gasteiger partial charge >= 0.3 is 0 Å². The number of sulfonamides is 1. The van der Waals surface area contributed by atoms with Gasteiger partial charge in [-0.1, -0.05) is 24.6 Å². The minimum atomic E-state index is -3.54. The fraction of sp³-hybridized carbons (Fsp3) is 0.353. The first kappa shape index (κ1) is 18.3. The van der Waals surface area contributed by atoms with E-state index in [1.54, 1.807) is 28.8 Å². The lowest BCUT2D eigenvalue weighted by atomic mass is 10.2. The molecule has 0 bridgehead atoms. The van der Waals surface area contributed by atoms with Crippen molar-refractivity contribution in [1.29, 1.82) is 0 Å². The van der Waals surface area contributed by atoms with Gasteiger partial charge in [0.15, 0.2) is 11.5 Å². The van der Waals surface area contributed by atoms with Crippen LogP contribution in [0.5, 0.6) is 0 Å². The van der Waals surface area contributed by atoms with E-state index >= 15 is 0 Å². The molecule has 0 unspecified atom stereocenters. The van der Waals surface area contributed by atoms with Crippen LogP contribution in [-0.2, 0) is 16.4 Å². The van der Waals surface area contributed by atoms with Gasteiger partial charge in [0, 0.05) is 19.5 Å². The molecule has 2 aromatic heterocycles. The monoisotopic (exact) mass is 374 g/mol. The molecule has 3 aromatic rings. The molecule has 0 atom stereocenters. The summed E-state index contributed by atoms with van der Waals surface area (Å²) in [5.41, 5.74) is 1.64. The summed E-state index contributed by atoms with van der Waals surface area (Å²) in [6.45, 7) is 5.03. The highest BCUT2D eigenvalue weighted by molar-refractivity contribution is 7.89. The molecule has 0 amide bonds. The average molecular weight is 374 g/mol. The third-order valence-electron chi connectivity index (χ3n) is 3.86. The number of nitrogens with one attached hydrogen (secondary N) is 2. The van der Waals surface area contributed by atoms with Gasteiger partial charge in [-0.05, 0) is 37.6 Å². The normalized spacial score (nSPS) is 11.8. The van der Waals surface area contributed by atoms with E-state index in [9.17, 15) is 8.42 Å². The van der Waals surface area contributed by atoms with Crippen LogP contribution in [0.25, 0.3) is 5.65 Å². The molecule has 0 radical (unpaired) electrons. The molecule has 26 heavy (non-hydrogen) atoms. The van der Waals surface area contributed by atoms with Crippen molar-refractivity contribution in [3.8, 4) is 0 Å². The Morgan fingerprint density at radius 3 is 2.54 bits per heavy atom. The molecule has 0 aliphatic carbocycles. The zero-order valence-corrected chi connectivity index (χ0v) is 15.6. The van der Waals surface area contributed by atoms with Crippen LogP contribution >= 0.6 is 0 Å². The number of hydrogen-bond donors (Lipinski definition) is 2. The Labute approximate surface area is 152 Å². The van der Waals surface area contributed by atoms with E-state index in [0.717, 1.165) is 24.3 Å². The summed E-state index contributed by atoms with van der Waals surface area (Å²) in [7, 11) is -3.54. The average Bonchev–Trinajstić information content (AvgIpc) is 3.02. The van der Waals surface area contributed by atoms with Crippen LogP contribution in [0.1, 0.15) is 24.7 Å². The van der Waals surface area contributed by atoms with Gasteiger partial charge in [-0.3, -0.25) is 0 Å². The van der Waals surface area contributed by atoms with Crippen molar-refractivity contribution in [3.63, 3.8) is 0 Å². The summed E-state index contributed by atoms with van der Waals surface area (Å²) < 4.78 is 28.9. The molecule has 0 aliphatic rings. The zero-order valence-electron chi connectivity index (χ0n) is 14.8. The van der Waals surface area contributed by atoms with Gasteiger partial charge in [-0.15, -0.1) is 15.3 Å². The van der Waals surface area contributed by atoms with Gasteiger partial charge in [0.05, 0.1) is 4.90 Å². The first-order chi connectivity index (χ1) is 12.5. The maximum atomic E-state index is 12.3. The number of benzene rings is 1. The summed E-state index contributed by atoms with van der Waals surface area (Å²) in [4.78, 5) is 0.248. The van der Waals surface area contributed by atoms with Crippen molar-refractivity contribution in [1.82, 2.24) is 24.5 Å². The van der Waals surface area contributed by atoms with Crippen molar-refractivity contribution in [3.05, 3.63) is 47.8 Å². The largest absolute Gasteiger partial charge is 0.369 e.